The second-order valence-electron chi connectivity index (χ2n) is 3.76. The van der Waals surface area contributed by atoms with Crippen molar-refractivity contribution in [2.24, 2.45) is 0 Å². The maximum absolute atomic E-state index is 10.5. The number of aryl methyl sites for hydroxylation is 1. The minimum Gasteiger partial charge on any atom is -0.382 e. The number of nitrogens with zero attached hydrogens (tertiary/aromatic N) is 2. The standard InChI is InChI=1S/C12H11Br3N2O/c1-2-17-11(10(15)6-16-17)12(18)8-5-7(13)3-4-9(8)14/h3-6,12,18H,2H2,1H3. The van der Waals surface area contributed by atoms with Crippen LogP contribution in [0.3, 0.4) is 0 Å². The molecule has 6 heteroatoms. The van der Waals surface area contributed by atoms with Gasteiger partial charge in [-0.1, -0.05) is 31.9 Å². The fraction of sp³-hybridized carbons (Fsp3) is 0.250. The maximum Gasteiger partial charge on any atom is 0.123 e. The van der Waals surface area contributed by atoms with Gasteiger partial charge in [0.25, 0.3) is 0 Å². The predicted octanol–water partition coefficient (Wildman–Crippen LogP) is 4.27. The van der Waals surface area contributed by atoms with Crippen LogP contribution in [0.4, 0.5) is 0 Å². The SMILES string of the molecule is CCn1ncc(Br)c1C(O)c1cc(Br)ccc1Br. The van der Waals surface area contributed by atoms with Crippen LogP contribution in [-0.2, 0) is 6.54 Å². The molecule has 2 rings (SSSR count). The van der Waals surface area contributed by atoms with Crippen LogP contribution >= 0.6 is 47.8 Å². The number of benzene rings is 1. The van der Waals surface area contributed by atoms with E-state index >= 15 is 0 Å². The van der Waals surface area contributed by atoms with E-state index in [0.717, 1.165) is 24.7 Å². The van der Waals surface area contributed by atoms with Crippen molar-refractivity contribution >= 4 is 47.8 Å². The highest BCUT2D eigenvalue weighted by Crippen LogP contribution is 2.34. The summed E-state index contributed by atoms with van der Waals surface area (Å²) in [6, 6.07) is 5.73. The van der Waals surface area contributed by atoms with Gasteiger partial charge in [0.1, 0.15) is 6.10 Å². The first-order valence-corrected chi connectivity index (χ1v) is 7.76. The molecule has 0 bridgehead atoms. The summed E-state index contributed by atoms with van der Waals surface area (Å²) in [5, 5.41) is 14.8. The molecule has 1 aromatic carbocycles. The van der Waals surface area contributed by atoms with E-state index in [4.69, 9.17) is 0 Å². The Bertz CT molecular complexity index is 568. The Hall–Kier alpha value is -0.170. The minimum atomic E-state index is -0.728. The summed E-state index contributed by atoms with van der Waals surface area (Å²) in [7, 11) is 0. The van der Waals surface area contributed by atoms with Crippen molar-refractivity contribution in [2.75, 3.05) is 0 Å². The van der Waals surface area contributed by atoms with E-state index < -0.39 is 6.10 Å². The molecule has 0 saturated carbocycles. The summed E-state index contributed by atoms with van der Waals surface area (Å²) in [6.07, 6.45) is 0.974. The van der Waals surface area contributed by atoms with E-state index in [1.54, 1.807) is 10.9 Å². The molecule has 2 aromatic rings. The van der Waals surface area contributed by atoms with Gasteiger partial charge in [0, 0.05) is 21.1 Å². The minimum absolute atomic E-state index is 0.712. The number of hydrogen-bond donors (Lipinski definition) is 1. The quantitative estimate of drug-likeness (QED) is 0.777. The van der Waals surface area contributed by atoms with E-state index in [1.165, 1.54) is 0 Å². The largest absolute Gasteiger partial charge is 0.382 e. The van der Waals surface area contributed by atoms with E-state index in [2.05, 4.69) is 52.9 Å². The lowest BCUT2D eigenvalue weighted by atomic mass is 10.1. The van der Waals surface area contributed by atoms with Gasteiger partial charge in [-0.3, -0.25) is 4.68 Å². The molecule has 0 aliphatic rings. The van der Waals surface area contributed by atoms with Crippen LogP contribution in [0.25, 0.3) is 0 Å². The second kappa shape index (κ2) is 5.86. The van der Waals surface area contributed by atoms with Crippen molar-refractivity contribution in [2.45, 2.75) is 19.6 Å². The van der Waals surface area contributed by atoms with Crippen LogP contribution in [0, 0.1) is 0 Å². The van der Waals surface area contributed by atoms with E-state index in [9.17, 15) is 5.11 Å². The lowest BCUT2D eigenvalue weighted by molar-refractivity contribution is 0.206. The maximum atomic E-state index is 10.5. The molecule has 0 aliphatic heterocycles. The van der Waals surface area contributed by atoms with Crippen molar-refractivity contribution in [3.63, 3.8) is 0 Å². The van der Waals surface area contributed by atoms with Crippen LogP contribution in [0.5, 0.6) is 0 Å². The molecule has 1 unspecified atom stereocenters. The van der Waals surface area contributed by atoms with Gasteiger partial charge in [0.2, 0.25) is 0 Å². The zero-order valence-corrected chi connectivity index (χ0v) is 14.3. The average Bonchev–Trinajstić information content (AvgIpc) is 2.72. The highest BCUT2D eigenvalue weighted by Gasteiger charge is 2.21. The highest BCUT2D eigenvalue weighted by atomic mass is 79.9. The smallest absolute Gasteiger partial charge is 0.123 e. The molecular weight excluding hydrogens is 428 g/mol. The molecule has 18 heavy (non-hydrogen) atoms. The summed E-state index contributed by atoms with van der Waals surface area (Å²) in [5.74, 6) is 0. The Morgan fingerprint density at radius 3 is 2.67 bits per heavy atom. The van der Waals surface area contributed by atoms with E-state index in [1.807, 2.05) is 25.1 Å². The first kappa shape index (κ1) is 14.2. The zero-order valence-electron chi connectivity index (χ0n) is 9.57. The molecule has 96 valence electrons. The van der Waals surface area contributed by atoms with Crippen molar-refractivity contribution in [3.05, 3.63) is 49.1 Å². The molecule has 0 fully saturated rings. The normalized spacial score (nSPS) is 12.7. The third kappa shape index (κ3) is 2.71. The van der Waals surface area contributed by atoms with Crippen molar-refractivity contribution in [3.8, 4) is 0 Å². The topological polar surface area (TPSA) is 38.0 Å². The summed E-state index contributed by atoms with van der Waals surface area (Å²) < 4.78 is 4.39. The molecule has 0 radical (unpaired) electrons. The lowest BCUT2D eigenvalue weighted by Gasteiger charge is -2.15. The van der Waals surface area contributed by atoms with Crippen molar-refractivity contribution in [1.82, 2.24) is 9.78 Å². The van der Waals surface area contributed by atoms with Gasteiger partial charge in [0.05, 0.1) is 16.4 Å². The van der Waals surface area contributed by atoms with Gasteiger partial charge in [0.15, 0.2) is 0 Å². The van der Waals surface area contributed by atoms with Crippen molar-refractivity contribution < 1.29 is 5.11 Å². The Labute approximate surface area is 131 Å². The lowest BCUT2D eigenvalue weighted by Crippen LogP contribution is -2.10. The Morgan fingerprint density at radius 2 is 2.00 bits per heavy atom. The van der Waals surface area contributed by atoms with Crippen molar-refractivity contribution in [1.29, 1.82) is 0 Å². The molecule has 0 amide bonds. The van der Waals surface area contributed by atoms with Crippen LogP contribution < -0.4 is 0 Å². The van der Waals surface area contributed by atoms with Crippen LogP contribution in [-0.4, -0.2) is 14.9 Å². The Morgan fingerprint density at radius 1 is 1.28 bits per heavy atom. The first-order chi connectivity index (χ1) is 8.54. The predicted molar refractivity (Wildman–Crippen MR) is 81.5 cm³/mol. The van der Waals surface area contributed by atoms with Gasteiger partial charge in [-0.15, -0.1) is 0 Å². The Kier molecular flexibility index (Phi) is 4.64. The second-order valence-corrected chi connectivity index (χ2v) is 6.39. The third-order valence-corrected chi connectivity index (χ3v) is 4.47. The van der Waals surface area contributed by atoms with Crippen LogP contribution in [0.1, 0.15) is 24.3 Å². The summed E-state index contributed by atoms with van der Waals surface area (Å²) in [4.78, 5) is 0. The average molecular weight is 439 g/mol. The van der Waals surface area contributed by atoms with Gasteiger partial charge in [-0.05, 0) is 41.1 Å². The zero-order chi connectivity index (χ0) is 13.3. The number of halogens is 3. The fourth-order valence-corrected chi connectivity index (χ4v) is 3.12. The summed E-state index contributed by atoms with van der Waals surface area (Å²) >= 11 is 10.3. The van der Waals surface area contributed by atoms with Crippen LogP contribution in [0.15, 0.2) is 37.8 Å². The molecule has 3 nitrogen and oxygen atoms in total. The van der Waals surface area contributed by atoms with Gasteiger partial charge >= 0.3 is 0 Å². The number of rotatable bonds is 3. The number of hydrogen-bond acceptors (Lipinski definition) is 2. The molecule has 1 N–H and O–H groups in total. The van der Waals surface area contributed by atoms with Gasteiger partial charge in [-0.25, -0.2) is 0 Å². The Balaban J connectivity index is 2.50. The number of aliphatic hydroxyl groups is 1. The summed E-state index contributed by atoms with van der Waals surface area (Å²) in [6.45, 7) is 2.70. The molecule has 1 atom stereocenters. The molecule has 1 heterocycles. The first-order valence-electron chi connectivity index (χ1n) is 5.38. The van der Waals surface area contributed by atoms with E-state index in [-0.39, 0.29) is 0 Å². The van der Waals surface area contributed by atoms with Gasteiger partial charge in [-0.2, -0.15) is 5.10 Å². The highest BCUT2D eigenvalue weighted by molar-refractivity contribution is 9.11. The van der Waals surface area contributed by atoms with Crippen LogP contribution in [0.2, 0.25) is 0 Å². The molecule has 0 saturated heterocycles. The van der Waals surface area contributed by atoms with E-state index in [0.29, 0.717) is 6.54 Å². The number of aliphatic hydroxyl groups excluding tert-OH is 1. The van der Waals surface area contributed by atoms with Gasteiger partial charge < -0.3 is 5.11 Å². The molecule has 0 spiro atoms. The monoisotopic (exact) mass is 436 g/mol. The molecular formula is C12H11Br3N2O. The third-order valence-electron chi connectivity index (χ3n) is 2.64. The molecule has 0 aliphatic carbocycles. The fourth-order valence-electron chi connectivity index (χ4n) is 1.77. The molecule has 1 aromatic heterocycles. The number of aromatic nitrogens is 2. The summed E-state index contributed by atoms with van der Waals surface area (Å²) in [5.41, 5.74) is 1.57.